The summed E-state index contributed by atoms with van der Waals surface area (Å²) < 4.78 is 13.2. The highest BCUT2D eigenvalue weighted by Gasteiger charge is 2.35. The summed E-state index contributed by atoms with van der Waals surface area (Å²) in [6.45, 7) is 1.89. The van der Waals surface area contributed by atoms with Crippen molar-refractivity contribution < 1.29 is 19.4 Å². The molecule has 0 saturated heterocycles. The van der Waals surface area contributed by atoms with E-state index in [9.17, 15) is 14.7 Å². The second kappa shape index (κ2) is 11.2. The molecule has 198 valence electrons. The molecule has 10 heteroatoms. The van der Waals surface area contributed by atoms with Crippen molar-refractivity contribution >= 4 is 56.6 Å². The van der Waals surface area contributed by atoms with E-state index in [4.69, 9.17) is 26.1 Å². The highest BCUT2D eigenvalue weighted by Crippen LogP contribution is 2.36. The maximum Gasteiger partial charge on any atom is 0.338 e. The number of thiazole rings is 1. The van der Waals surface area contributed by atoms with Gasteiger partial charge in [0.05, 0.1) is 35.6 Å². The van der Waals surface area contributed by atoms with Gasteiger partial charge in [0.1, 0.15) is 0 Å². The molecule has 39 heavy (non-hydrogen) atoms. The Morgan fingerprint density at radius 3 is 2.56 bits per heavy atom. The predicted molar refractivity (Wildman–Crippen MR) is 155 cm³/mol. The van der Waals surface area contributed by atoms with E-state index < -0.39 is 12.0 Å². The molecular formula is C29H22BrClN2O5S. The number of methoxy groups -OCH3 is 1. The molecule has 0 radical (unpaired) electrons. The minimum absolute atomic E-state index is 0.0991. The number of fused-ring (bicyclic) bond motifs is 1. The van der Waals surface area contributed by atoms with Crippen LogP contribution >= 0.6 is 38.9 Å². The minimum Gasteiger partial charge on any atom is -0.504 e. The Labute approximate surface area is 241 Å². The normalized spacial score (nSPS) is 15.1. The standard InChI is InChI=1S/C29H22BrClN2O5S/c1-3-38-28(36)23-24(16-7-5-4-6-8-16)32-29-33(25(23)17-9-11-20(31)12-10-17)27(35)22(39-29)14-18-13-19(30)15-21(37-2)26(18)34/h4-15,25,34H,3H2,1-2H3/b22-14-/t25-/m1/s1. The number of aromatic nitrogens is 1. The Morgan fingerprint density at radius 2 is 1.90 bits per heavy atom. The molecule has 0 unspecified atom stereocenters. The van der Waals surface area contributed by atoms with Gasteiger partial charge in [-0.05, 0) is 42.8 Å². The summed E-state index contributed by atoms with van der Waals surface area (Å²) >= 11 is 10.7. The second-order valence-corrected chi connectivity index (χ2v) is 10.9. The number of carbonyl (C=O) groups excluding carboxylic acids is 1. The van der Waals surface area contributed by atoms with Gasteiger partial charge in [0.25, 0.3) is 5.56 Å². The van der Waals surface area contributed by atoms with Gasteiger partial charge in [0, 0.05) is 20.6 Å². The average molecular weight is 626 g/mol. The smallest absolute Gasteiger partial charge is 0.338 e. The van der Waals surface area contributed by atoms with Gasteiger partial charge in [-0.1, -0.05) is 81.3 Å². The summed E-state index contributed by atoms with van der Waals surface area (Å²) in [4.78, 5) is 32.6. The first-order chi connectivity index (χ1) is 18.8. The number of benzene rings is 3. The van der Waals surface area contributed by atoms with Crippen LogP contribution in [0.2, 0.25) is 5.02 Å². The molecule has 4 aromatic rings. The zero-order valence-electron chi connectivity index (χ0n) is 20.9. The van der Waals surface area contributed by atoms with E-state index in [1.165, 1.54) is 11.7 Å². The highest BCUT2D eigenvalue weighted by molar-refractivity contribution is 9.10. The van der Waals surface area contributed by atoms with Crippen LogP contribution in [0.15, 0.2) is 86.6 Å². The zero-order valence-corrected chi connectivity index (χ0v) is 24.0. The third-order valence-electron chi connectivity index (χ3n) is 6.14. The maximum atomic E-state index is 13.9. The van der Waals surface area contributed by atoms with Crippen LogP contribution in [0.4, 0.5) is 0 Å². The molecule has 0 amide bonds. The van der Waals surface area contributed by atoms with Crippen molar-refractivity contribution in [3.8, 4) is 11.5 Å². The van der Waals surface area contributed by atoms with Crippen LogP contribution in [0.5, 0.6) is 11.5 Å². The van der Waals surface area contributed by atoms with Crippen LogP contribution in [0.3, 0.4) is 0 Å². The van der Waals surface area contributed by atoms with Crippen LogP contribution in [0, 0.1) is 0 Å². The van der Waals surface area contributed by atoms with Crippen molar-refractivity contribution in [1.82, 2.24) is 4.57 Å². The molecule has 7 nitrogen and oxygen atoms in total. The largest absolute Gasteiger partial charge is 0.504 e. The zero-order chi connectivity index (χ0) is 27.7. The number of phenols is 1. The van der Waals surface area contributed by atoms with Crippen molar-refractivity contribution in [2.45, 2.75) is 13.0 Å². The van der Waals surface area contributed by atoms with E-state index in [1.807, 2.05) is 30.3 Å². The monoisotopic (exact) mass is 624 g/mol. The number of hydrogen-bond donors (Lipinski definition) is 1. The van der Waals surface area contributed by atoms with Gasteiger partial charge in [-0.25, -0.2) is 9.79 Å². The Balaban J connectivity index is 1.84. The van der Waals surface area contributed by atoms with E-state index in [1.54, 1.807) is 49.4 Å². The third-order valence-corrected chi connectivity index (χ3v) is 7.83. The molecular weight excluding hydrogens is 604 g/mol. The second-order valence-electron chi connectivity index (χ2n) is 8.53. The maximum absolute atomic E-state index is 13.9. The van der Waals surface area contributed by atoms with Gasteiger partial charge in [-0.2, -0.15) is 0 Å². The molecule has 2 heterocycles. The molecule has 3 aromatic carbocycles. The van der Waals surface area contributed by atoms with Crippen molar-refractivity contribution in [2.75, 3.05) is 13.7 Å². The van der Waals surface area contributed by atoms with Gasteiger partial charge in [-0.3, -0.25) is 9.36 Å². The molecule has 0 aliphatic carbocycles. The van der Waals surface area contributed by atoms with Gasteiger partial charge in [-0.15, -0.1) is 0 Å². The summed E-state index contributed by atoms with van der Waals surface area (Å²) in [5, 5.41) is 11.2. The van der Waals surface area contributed by atoms with E-state index in [0.29, 0.717) is 41.2 Å². The summed E-state index contributed by atoms with van der Waals surface area (Å²) in [6.07, 6.45) is 1.58. The lowest BCUT2D eigenvalue weighted by Crippen LogP contribution is -2.40. The molecule has 5 rings (SSSR count). The van der Waals surface area contributed by atoms with Crippen molar-refractivity contribution in [2.24, 2.45) is 4.99 Å². The number of ether oxygens (including phenoxy) is 2. The summed E-state index contributed by atoms with van der Waals surface area (Å²) in [6, 6.07) is 18.8. The lowest BCUT2D eigenvalue weighted by Gasteiger charge is -2.25. The van der Waals surface area contributed by atoms with Gasteiger partial charge in [0.15, 0.2) is 16.3 Å². The Bertz CT molecular complexity index is 1780. The lowest BCUT2D eigenvalue weighted by molar-refractivity contribution is -0.138. The Hall–Kier alpha value is -3.66. The van der Waals surface area contributed by atoms with E-state index in [-0.39, 0.29) is 29.2 Å². The van der Waals surface area contributed by atoms with E-state index >= 15 is 0 Å². The molecule has 0 saturated carbocycles. The summed E-state index contributed by atoms with van der Waals surface area (Å²) in [5.74, 6) is -0.403. The molecule has 0 spiro atoms. The first kappa shape index (κ1) is 26.9. The number of rotatable bonds is 6. The van der Waals surface area contributed by atoms with Crippen molar-refractivity contribution in [1.29, 1.82) is 0 Å². The summed E-state index contributed by atoms with van der Waals surface area (Å²) in [5.41, 5.74) is 2.08. The fourth-order valence-electron chi connectivity index (χ4n) is 4.40. The van der Waals surface area contributed by atoms with E-state index in [2.05, 4.69) is 15.9 Å². The number of phenolic OH excluding ortho intramolecular Hbond substituents is 1. The predicted octanol–water partition coefficient (Wildman–Crippen LogP) is 5.07. The van der Waals surface area contributed by atoms with E-state index in [0.717, 1.165) is 11.3 Å². The lowest BCUT2D eigenvalue weighted by atomic mass is 9.93. The van der Waals surface area contributed by atoms with Crippen LogP contribution < -0.4 is 19.6 Å². The molecule has 1 aromatic heterocycles. The van der Waals surface area contributed by atoms with Gasteiger partial charge >= 0.3 is 5.97 Å². The fraction of sp³-hybridized carbons (Fsp3) is 0.138. The number of halogens is 2. The molecule has 0 fully saturated rings. The van der Waals surface area contributed by atoms with Crippen LogP contribution in [-0.2, 0) is 9.53 Å². The highest BCUT2D eigenvalue weighted by atomic mass is 79.9. The SMILES string of the molecule is CCOC(=O)C1=C(c2ccccc2)N=c2s/c(=C\c3cc(Br)cc(OC)c3O)c(=O)n2[C@@H]1c1ccc(Cl)cc1. The van der Waals surface area contributed by atoms with Crippen molar-refractivity contribution in [3.05, 3.63) is 118 Å². The number of esters is 1. The number of hydrogen-bond acceptors (Lipinski definition) is 7. The molecule has 1 aliphatic heterocycles. The van der Waals surface area contributed by atoms with Crippen LogP contribution in [-0.4, -0.2) is 29.4 Å². The number of aromatic hydroxyl groups is 1. The summed E-state index contributed by atoms with van der Waals surface area (Å²) in [7, 11) is 1.45. The van der Waals surface area contributed by atoms with Crippen molar-refractivity contribution in [3.63, 3.8) is 0 Å². The molecule has 0 bridgehead atoms. The first-order valence-electron chi connectivity index (χ1n) is 11.9. The number of carbonyl (C=O) groups is 1. The van der Waals surface area contributed by atoms with Crippen LogP contribution in [0.1, 0.15) is 29.7 Å². The molecule has 1 N–H and O–H groups in total. The third kappa shape index (κ3) is 5.17. The Morgan fingerprint density at radius 1 is 1.18 bits per heavy atom. The van der Waals surface area contributed by atoms with Crippen LogP contribution in [0.25, 0.3) is 11.8 Å². The first-order valence-corrected chi connectivity index (χ1v) is 13.9. The van der Waals surface area contributed by atoms with Gasteiger partial charge in [0.2, 0.25) is 0 Å². The number of nitrogens with zero attached hydrogens (tertiary/aromatic N) is 2. The molecule has 1 aliphatic rings. The average Bonchev–Trinajstić information content (AvgIpc) is 3.25. The Kier molecular flexibility index (Phi) is 7.74. The quantitative estimate of drug-likeness (QED) is 0.303. The van der Waals surface area contributed by atoms with Gasteiger partial charge < -0.3 is 14.6 Å². The minimum atomic E-state index is -0.819. The fourth-order valence-corrected chi connectivity index (χ4v) is 5.97. The molecule has 1 atom stereocenters. The topological polar surface area (TPSA) is 90.1 Å².